The van der Waals surface area contributed by atoms with E-state index in [1.807, 2.05) is 0 Å². The third-order valence-electron chi connectivity index (χ3n) is 5.66. The quantitative estimate of drug-likeness (QED) is 0.213. The molecule has 1 aliphatic carbocycles. The summed E-state index contributed by atoms with van der Waals surface area (Å²) in [6, 6.07) is 0. The van der Waals surface area contributed by atoms with E-state index in [4.69, 9.17) is 14.6 Å². The number of carboxylic acids is 1. The van der Waals surface area contributed by atoms with Gasteiger partial charge in [-0.1, -0.05) is 19.9 Å². The van der Waals surface area contributed by atoms with Crippen LogP contribution in [0.5, 0.6) is 0 Å². The maximum atomic E-state index is 12.2. The summed E-state index contributed by atoms with van der Waals surface area (Å²) in [4.78, 5) is 23.1. The van der Waals surface area contributed by atoms with Gasteiger partial charge in [0.2, 0.25) is 0 Å². The molecule has 10 heteroatoms. The Kier molecular flexibility index (Phi) is 7.93. The van der Waals surface area contributed by atoms with Crippen molar-refractivity contribution in [3.8, 4) is 0 Å². The Hall–Kier alpha value is -1.92. The van der Waals surface area contributed by atoms with Gasteiger partial charge in [-0.25, -0.2) is 4.79 Å². The van der Waals surface area contributed by atoms with Gasteiger partial charge in [-0.15, -0.1) is 0 Å². The Morgan fingerprint density at radius 1 is 1.26 bits per heavy atom. The number of allylic oxidation sites excluding steroid dienone is 3. The van der Waals surface area contributed by atoms with Crippen molar-refractivity contribution < 1.29 is 49.7 Å². The second kappa shape index (κ2) is 9.70. The molecule has 2 rings (SSSR count). The molecular formula is C21H30O10. The third-order valence-corrected chi connectivity index (χ3v) is 5.66. The molecule has 6 atom stereocenters. The molecule has 0 spiro atoms. The topological polar surface area (TPSA) is 174 Å². The van der Waals surface area contributed by atoms with Crippen LogP contribution >= 0.6 is 0 Å². The fraction of sp³-hybridized carbons (Fsp3) is 0.619. The van der Waals surface area contributed by atoms with Gasteiger partial charge in [-0.2, -0.15) is 0 Å². The molecule has 1 aliphatic heterocycles. The van der Waals surface area contributed by atoms with E-state index < -0.39 is 54.3 Å². The van der Waals surface area contributed by atoms with E-state index in [1.165, 1.54) is 18.2 Å². The number of carbonyl (C=O) groups excluding carboxylic acids is 1. The fourth-order valence-electron chi connectivity index (χ4n) is 3.72. The highest BCUT2D eigenvalue weighted by atomic mass is 16.7. The lowest BCUT2D eigenvalue weighted by Crippen LogP contribution is -2.59. The number of hydrogen-bond acceptors (Lipinski definition) is 9. The molecule has 1 saturated heterocycles. The van der Waals surface area contributed by atoms with Crippen molar-refractivity contribution >= 4 is 11.8 Å². The molecular weight excluding hydrogens is 412 g/mol. The lowest BCUT2D eigenvalue weighted by atomic mass is 9.64. The molecule has 174 valence electrons. The number of carboxylic acid groups (broad SMARTS) is 1. The number of hydrogen-bond donors (Lipinski definition) is 6. The molecule has 1 heterocycles. The molecule has 0 radical (unpaired) electrons. The zero-order valence-electron chi connectivity index (χ0n) is 17.6. The highest BCUT2D eigenvalue weighted by Crippen LogP contribution is 2.44. The van der Waals surface area contributed by atoms with Crippen LogP contribution in [0, 0.1) is 5.41 Å². The SMILES string of the molecule is CC(=C/C(=O)O)/C=C/[C@@]1(O)C(CO[C@@H]2O[C@H](CO)[C@@H](O)[C@H](O)[C@H]2O)=CC(=O)CC1(C)C. The lowest BCUT2D eigenvalue weighted by Gasteiger charge is -2.45. The maximum Gasteiger partial charge on any atom is 0.328 e. The van der Waals surface area contributed by atoms with E-state index in [0.717, 1.165) is 6.08 Å². The average molecular weight is 442 g/mol. The van der Waals surface area contributed by atoms with Crippen LogP contribution in [0.25, 0.3) is 0 Å². The number of ether oxygens (including phenoxy) is 2. The molecule has 0 amide bonds. The summed E-state index contributed by atoms with van der Waals surface area (Å²) in [5, 5.41) is 59.5. The van der Waals surface area contributed by atoms with E-state index in [-0.39, 0.29) is 24.4 Å². The van der Waals surface area contributed by atoms with Gasteiger partial charge in [0, 0.05) is 17.9 Å². The van der Waals surface area contributed by atoms with Crippen LogP contribution in [0.1, 0.15) is 27.2 Å². The molecule has 0 aromatic carbocycles. The summed E-state index contributed by atoms with van der Waals surface area (Å²) in [5.74, 6) is -1.40. The first-order valence-electron chi connectivity index (χ1n) is 9.81. The zero-order valence-corrected chi connectivity index (χ0v) is 17.6. The number of aliphatic carboxylic acids is 1. The molecule has 0 aromatic rings. The van der Waals surface area contributed by atoms with Gasteiger partial charge in [-0.3, -0.25) is 4.79 Å². The maximum absolute atomic E-state index is 12.2. The van der Waals surface area contributed by atoms with Gasteiger partial charge < -0.3 is 40.1 Å². The second-order valence-electron chi connectivity index (χ2n) is 8.53. The van der Waals surface area contributed by atoms with Gasteiger partial charge in [0.25, 0.3) is 0 Å². The van der Waals surface area contributed by atoms with Crippen molar-refractivity contribution in [2.45, 2.75) is 63.5 Å². The molecule has 1 fully saturated rings. The molecule has 0 bridgehead atoms. The Morgan fingerprint density at radius 3 is 2.48 bits per heavy atom. The number of carbonyl (C=O) groups is 2. The predicted octanol–water partition coefficient (Wildman–Crippen LogP) is -0.953. The van der Waals surface area contributed by atoms with Gasteiger partial charge in [0.1, 0.15) is 30.0 Å². The van der Waals surface area contributed by atoms with Crippen molar-refractivity contribution in [2.75, 3.05) is 13.2 Å². The van der Waals surface area contributed by atoms with Gasteiger partial charge in [-0.05, 0) is 30.2 Å². The molecule has 0 aromatic heterocycles. The summed E-state index contributed by atoms with van der Waals surface area (Å²) in [6.07, 6.45) is -2.37. The van der Waals surface area contributed by atoms with E-state index in [9.17, 15) is 35.1 Å². The van der Waals surface area contributed by atoms with Crippen molar-refractivity contribution in [2.24, 2.45) is 5.41 Å². The van der Waals surface area contributed by atoms with Crippen LogP contribution in [-0.4, -0.2) is 91.9 Å². The van der Waals surface area contributed by atoms with Gasteiger partial charge in [0.05, 0.1) is 13.2 Å². The lowest BCUT2D eigenvalue weighted by molar-refractivity contribution is -0.299. The summed E-state index contributed by atoms with van der Waals surface area (Å²) in [7, 11) is 0. The number of rotatable bonds is 7. The van der Waals surface area contributed by atoms with Gasteiger partial charge >= 0.3 is 5.97 Å². The first kappa shape index (κ1) is 25.3. The zero-order chi connectivity index (χ0) is 23.6. The monoisotopic (exact) mass is 442 g/mol. The highest BCUT2D eigenvalue weighted by Gasteiger charge is 2.49. The molecule has 10 nitrogen and oxygen atoms in total. The summed E-state index contributed by atoms with van der Waals surface area (Å²) < 4.78 is 10.8. The molecule has 2 aliphatic rings. The fourth-order valence-corrected chi connectivity index (χ4v) is 3.72. The van der Waals surface area contributed by atoms with Crippen LogP contribution < -0.4 is 0 Å². The summed E-state index contributed by atoms with van der Waals surface area (Å²) in [5.41, 5.74) is -2.15. The predicted molar refractivity (Wildman–Crippen MR) is 107 cm³/mol. The third kappa shape index (κ3) is 5.47. The van der Waals surface area contributed by atoms with Crippen molar-refractivity contribution in [3.05, 3.63) is 35.5 Å². The number of aliphatic hydroxyl groups is 5. The number of ketones is 1. The Morgan fingerprint density at radius 2 is 1.90 bits per heavy atom. The van der Waals surface area contributed by atoms with Crippen LogP contribution in [0.2, 0.25) is 0 Å². The first-order valence-corrected chi connectivity index (χ1v) is 9.81. The largest absolute Gasteiger partial charge is 0.478 e. The van der Waals surface area contributed by atoms with Crippen molar-refractivity contribution in [1.29, 1.82) is 0 Å². The van der Waals surface area contributed by atoms with Crippen LogP contribution in [0.4, 0.5) is 0 Å². The minimum atomic E-state index is -1.69. The van der Waals surface area contributed by atoms with Crippen LogP contribution in [-0.2, 0) is 19.1 Å². The molecule has 0 saturated carbocycles. The first-order chi connectivity index (χ1) is 14.3. The average Bonchev–Trinajstić information content (AvgIpc) is 2.66. The van der Waals surface area contributed by atoms with E-state index in [2.05, 4.69) is 0 Å². The molecule has 6 N–H and O–H groups in total. The standard InChI is InChI=1S/C21H30O10/c1-11(6-15(24)25)4-5-21(29)12(7-13(23)8-20(21,2)3)10-30-19-18(28)17(27)16(26)14(9-22)31-19/h4-7,14,16-19,22,26-29H,8-10H2,1-3H3,(H,24,25)/b5-4+,11-6-/t14-,16-,17+,18-,19-,21-/m1/s1. The minimum Gasteiger partial charge on any atom is -0.478 e. The van der Waals surface area contributed by atoms with Crippen LogP contribution in [0.3, 0.4) is 0 Å². The number of aliphatic hydroxyl groups excluding tert-OH is 4. The second-order valence-corrected chi connectivity index (χ2v) is 8.53. The molecule has 0 unspecified atom stereocenters. The Balaban J connectivity index is 2.28. The Labute approximate surface area is 179 Å². The smallest absolute Gasteiger partial charge is 0.328 e. The van der Waals surface area contributed by atoms with Gasteiger partial charge in [0.15, 0.2) is 12.1 Å². The van der Waals surface area contributed by atoms with Crippen molar-refractivity contribution in [3.63, 3.8) is 0 Å². The van der Waals surface area contributed by atoms with Crippen molar-refractivity contribution in [1.82, 2.24) is 0 Å². The van der Waals surface area contributed by atoms with E-state index >= 15 is 0 Å². The molecule has 31 heavy (non-hydrogen) atoms. The Bertz CT molecular complexity index is 781. The summed E-state index contributed by atoms with van der Waals surface area (Å²) in [6.45, 7) is 3.89. The van der Waals surface area contributed by atoms with Crippen LogP contribution in [0.15, 0.2) is 35.5 Å². The summed E-state index contributed by atoms with van der Waals surface area (Å²) >= 11 is 0. The van der Waals surface area contributed by atoms with E-state index in [1.54, 1.807) is 20.8 Å². The minimum absolute atomic E-state index is 0.0269. The normalized spacial score (nSPS) is 36.5. The highest BCUT2D eigenvalue weighted by molar-refractivity contribution is 5.93. The van der Waals surface area contributed by atoms with E-state index in [0.29, 0.717) is 5.57 Å².